The monoisotopic (exact) mass is 569 g/mol. The second-order valence-electron chi connectivity index (χ2n) is 9.86. The molecule has 0 bridgehead atoms. The molecule has 0 heterocycles. The van der Waals surface area contributed by atoms with E-state index in [1.807, 2.05) is 58.9 Å². The second-order valence-corrected chi connectivity index (χ2v) is 12.1. The molecule has 0 saturated carbocycles. The van der Waals surface area contributed by atoms with Gasteiger partial charge in [0, 0.05) is 17.6 Å². The number of hydrogen-bond donors (Lipinski definition) is 1. The fourth-order valence-electron chi connectivity index (χ4n) is 4.29. The molecular weight excluding hydrogens is 534 g/mol. The van der Waals surface area contributed by atoms with Crippen LogP contribution < -0.4 is 9.62 Å². The van der Waals surface area contributed by atoms with Gasteiger partial charge in [-0.25, -0.2) is 8.42 Å². The third-order valence-corrected chi connectivity index (χ3v) is 8.50. The van der Waals surface area contributed by atoms with Crippen LogP contribution >= 0.6 is 11.6 Å². The van der Waals surface area contributed by atoms with Crippen molar-refractivity contribution in [1.82, 2.24) is 10.2 Å². The number of halogens is 1. The van der Waals surface area contributed by atoms with Crippen molar-refractivity contribution in [3.8, 4) is 0 Å². The van der Waals surface area contributed by atoms with Gasteiger partial charge in [0.25, 0.3) is 10.0 Å². The molecule has 3 rings (SSSR count). The number of aryl methyl sites for hydroxylation is 2. The maximum atomic E-state index is 14.0. The Bertz CT molecular complexity index is 1410. The summed E-state index contributed by atoms with van der Waals surface area (Å²) in [5.41, 5.74) is 2.90. The van der Waals surface area contributed by atoms with Crippen LogP contribution in [0.25, 0.3) is 0 Å². The number of rotatable bonds is 11. The lowest BCUT2D eigenvalue weighted by Gasteiger charge is -2.33. The Balaban J connectivity index is 2.08. The van der Waals surface area contributed by atoms with Crippen LogP contribution in [0.2, 0.25) is 5.02 Å². The van der Waals surface area contributed by atoms with E-state index in [0.29, 0.717) is 11.4 Å². The number of hydrogen-bond acceptors (Lipinski definition) is 4. The predicted molar refractivity (Wildman–Crippen MR) is 156 cm³/mol. The summed E-state index contributed by atoms with van der Waals surface area (Å²) in [6, 6.07) is 19.6. The maximum Gasteiger partial charge on any atom is 0.264 e. The molecule has 1 atom stereocenters. The van der Waals surface area contributed by atoms with Crippen molar-refractivity contribution in [2.45, 2.75) is 64.6 Å². The summed E-state index contributed by atoms with van der Waals surface area (Å²) in [5.74, 6) is -0.789. The van der Waals surface area contributed by atoms with E-state index in [9.17, 15) is 18.0 Å². The zero-order chi connectivity index (χ0) is 28.7. The first-order chi connectivity index (χ1) is 18.4. The molecule has 3 aromatic carbocycles. The molecule has 39 heavy (non-hydrogen) atoms. The normalized spacial score (nSPS) is 12.2. The van der Waals surface area contributed by atoms with Crippen LogP contribution in [0.5, 0.6) is 0 Å². The molecule has 0 saturated heterocycles. The zero-order valence-electron chi connectivity index (χ0n) is 23.0. The molecule has 1 N–H and O–H groups in total. The molecule has 0 radical (unpaired) electrons. The van der Waals surface area contributed by atoms with Crippen LogP contribution in [0.3, 0.4) is 0 Å². The lowest BCUT2D eigenvalue weighted by Crippen LogP contribution is -2.53. The number of amides is 2. The second kappa shape index (κ2) is 13.1. The number of benzene rings is 3. The minimum atomic E-state index is -4.14. The predicted octanol–water partition coefficient (Wildman–Crippen LogP) is 5.48. The third-order valence-electron chi connectivity index (χ3n) is 6.31. The smallest absolute Gasteiger partial charge is 0.264 e. The van der Waals surface area contributed by atoms with Crippen molar-refractivity contribution in [2.24, 2.45) is 0 Å². The Morgan fingerprint density at radius 1 is 0.949 bits per heavy atom. The first-order valence-corrected chi connectivity index (χ1v) is 14.7. The molecule has 0 unspecified atom stereocenters. The summed E-state index contributed by atoms with van der Waals surface area (Å²) >= 11 is 6.37. The summed E-state index contributed by atoms with van der Waals surface area (Å²) in [6.45, 7) is 8.95. The highest BCUT2D eigenvalue weighted by Crippen LogP contribution is 2.28. The van der Waals surface area contributed by atoms with Gasteiger partial charge in [-0.2, -0.15) is 0 Å². The minimum absolute atomic E-state index is 0.0457. The number of nitrogens with zero attached hydrogens (tertiary/aromatic N) is 2. The van der Waals surface area contributed by atoms with Gasteiger partial charge in [0.05, 0.1) is 10.6 Å². The average Bonchev–Trinajstić information content (AvgIpc) is 2.88. The number of carbonyl (C=O) groups is 2. The largest absolute Gasteiger partial charge is 0.352 e. The van der Waals surface area contributed by atoms with Gasteiger partial charge in [-0.05, 0) is 69.5 Å². The highest BCUT2D eigenvalue weighted by atomic mass is 35.5. The van der Waals surface area contributed by atoms with Gasteiger partial charge >= 0.3 is 0 Å². The summed E-state index contributed by atoms with van der Waals surface area (Å²) < 4.78 is 28.7. The van der Waals surface area contributed by atoms with Crippen LogP contribution in [0.4, 0.5) is 5.69 Å². The van der Waals surface area contributed by atoms with E-state index in [2.05, 4.69) is 5.32 Å². The van der Waals surface area contributed by atoms with Gasteiger partial charge in [0.15, 0.2) is 0 Å². The molecule has 3 aromatic rings. The van der Waals surface area contributed by atoms with Crippen molar-refractivity contribution in [2.75, 3.05) is 10.8 Å². The highest BCUT2D eigenvalue weighted by molar-refractivity contribution is 7.92. The average molecular weight is 570 g/mol. The number of nitrogens with one attached hydrogen (secondary N) is 1. The first kappa shape index (κ1) is 30.2. The lowest BCUT2D eigenvalue weighted by molar-refractivity contribution is -0.140. The summed E-state index contributed by atoms with van der Waals surface area (Å²) in [4.78, 5) is 28.7. The molecule has 0 aliphatic carbocycles. The molecule has 0 aromatic heterocycles. The van der Waals surface area contributed by atoms with E-state index in [4.69, 9.17) is 11.6 Å². The zero-order valence-corrected chi connectivity index (χ0v) is 24.6. The van der Waals surface area contributed by atoms with Crippen molar-refractivity contribution >= 4 is 39.1 Å². The van der Waals surface area contributed by atoms with Crippen LogP contribution in [0.15, 0.2) is 77.7 Å². The molecule has 0 aliphatic heterocycles. The van der Waals surface area contributed by atoms with E-state index in [1.54, 1.807) is 36.4 Å². The fraction of sp³-hybridized carbons (Fsp3) is 0.333. The third kappa shape index (κ3) is 7.61. The van der Waals surface area contributed by atoms with Crippen molar-refractivity contribution in [3.63, 3.8) is 0 Å². The van der Waals surface area contributed by atoms with Crippen molar-refractivity contribution in [3.05, 3.63) is 94.5 Å². The van der Waals surface area contributed by atoms with Gasteiger partial charge in [0.2, 0.25) is 11.8 Å². The number of anilines is 1. The molecule has 9 heteroatoms. The highest BCUT2D eigenvalue weighted by Gasteiger charge is 2.34. The molecular formula is C30H36ClN3O4S. The summed E-state index contributed by atoms with van der Waals surface area (Å²) in [6.07, 6.45) is 0.359. The van der Waals surface area contributed by atoms with Gasteiger partial charge in [0.1, 0.15) is 12.6 Å². The van der Waals surface area contributed by atoms with Crippen LogP contribution in [-0.2, 0) is 26.2 Å². The van der Waals surface area contributed by atoms with E-state index in [-0.39, 0.29) is 29.1 Å². The summed E-state index contributed by atoms with van der Waals surface area (Å²) in [7, 11) is -4.14. The molecule has 7 nitrogen and oxygen atoms in total. The topological polar surface area (TPSA) is 86.8 Å². The molecule has 2 amide bonds. The Hall–Kier alpha value is -3.36. The van der Waals surface area contributed by atoms with Crippen LogP contribution in [0.1, 0.15) is 43.9 Å². The Kier molecular flexibility index (Phi) is 10.2. The number of sulfonamides is 1. The van der Waals surface area contributed by atoms with Gasteiger partial charge in [-0.3, -0.25) is 13.9 Å². The maximum absolute atomic E-state index is 14.0. The van der Waals surface area contributed by atoms with E-state index >= 15 is 0 Å². The standard InChI is InChI=1S/C30H36ClN3O4S/c1-6-28(30(36)32-21(2)3)33(19-24-12-10-11-22(4)17-24)29(35)20-34(25-16-15-23(5)27(31)18-25)39(37,38)26-13-8-7-9-14-26/h7-18,21,28H,6,19-20H2,1-5H3,(H,32,36)/t28-/m1/s1. The van der Waals surface area contributed by atoms with Crippen LogP contribution in [-0.4, -0.2) is 43.8 Å². The quantitative estimate of drug-likeness (QED) is 0.331. The first-order valence-electron chi connectivity index (χ1n) is 12.9. The van der Waals surface area contributed by atoms with E-state index in [1.165, 1.54) is 17.0 Å². The van der Waals surface area contributed by atoms with Gasteiger partial charge in [-0.1, -0.05) is 72.6 Å². The molecule has 0 spiro atoms. The van der Waals surface area contributed by atoms with E-state index < -0.39 is 28.5 Å². The van der Waals surface area contributed by atoms with Gasteiger partial charge in [-0.15, -0.1) is 0 Å². The molecule has 208 valence electrons. The van der Waals surface area contributed by atoms with E-state index in [0.717, 1.165) is 21.0 Å². The minimum Gasteiger partial charge on any atom is -0.352 e. The summed E-state index contributed by atoms with van der Waals surface area (Å²) in [5, 5.41) is 3.28. The SMILES string of the molecule is CC[C@H](C(=O)NC(C)C)N(Cc1cccc(C)c1)C(=O)CN(c1ccc(C)c(Cl)c1)S(=O)(=O)c1ccccc1. The molecule has 0 aliphatic rings. The van der Waals surface area contributed by atoms with Gasteiger partial charge < -0.3 is 10.2 Å². The van der Waals surface area contributed by atoms with Crippen molar-refractivity contribution < 1.29 is 18.0 Å². The van der Waals surface area contributed by atoms with Crippen molar-refractivity contribution in [1.29, 1.82) is 0 Å². The lowest BCUT2D eigenvalue weighted by atomic mass is 10.1. The van der Waals surface area contributed by atoms with Crippen LogP contribution in [0, 0.1) is 13.8 Å². The fourth-order valence-corrected chi connectivity index (χ4v) is 5.89. The Morgan fingerprint density at radius 3 is 2.23 bits per heavy atom. The Morgan fingerprint density at radius 2 is 1.64 bits per heavy atom. The Labute approximate surface area is 236 Å². The number of carbonyl (C=O) groups excluding carboxylic acids is 2. The molecule has 0 fully saturated rings.